The molecule has 154 valence electrons. The average molecular weight is 403 g/mol. The molecular weight excluding hydrogens is 372 g/mol. The van der Waals surface area contributed by atoms with Crippen LogP contribution in [0.15, 0.2) is 12.2 Å². The molecule has 0 aromatic heterocycles. The van der Waals surface area contributed by atoms with Crippen molar-refractivity contribution in [3.05, 3.63) is 12.2 Å². The summed E-state index contributed by atoms with van der Waals surface area (Å²) in [6.07, 6.45) is 0.572. The molecule has 0 aromatic carbocycles. The number of ether oxygens (including phenoxy) is 2. The lowest BCUT2D eigenvalue weighted by molar-refractivity contribution is -0.149. The molecule has 8 nitrogen and oxygen atoms in total. The van der Waals surface area contributed by atoms with Crippen LogP contribution in [0, 0.1) is 5.41 Å². The molecule has 0 heterocycles. The number of thioether (sulfide) groups is 1. The number of rotatable bonds is 13. The summed E-state index contributed by atoms with van der Waals surface area (Å²) in [6, 6.07) is -0.188. The summed E-state index contributed by atoms with van der Waals surface area (Å²) in [4.78, 5) is 45.7. The zero-order valence-corrected chi connectivity index (χ0v) is 17.3. The topological polar surface area (TPSA) is 125 Å². The number of nitrogens with two attached hydrogens (primary N) is 1. The first-order valence-corrected chi connectivity index (χ1v) is 9.76. The Bertz CT molecular complexity index is 566. The van der Waals surface area contributed by atoms with E-state index in [1.165, 1.54) is 25.6 Å². The molecule has 27 heavy (non-hydrogen) atoms. The van der Waals surface area contributed by atoms with Gasteiger partial charge in [0.2, 0.25) is 11.8 Å². The summed E-state index contributed by atoms with van der Waals surface area (Å²) in [5.74, 6) is -0.674. The Morgan fingerprint density at radius 3 is 2.30 bits per heavy atom. The molecule has 0 aliphatic carbocycles. The van der Waals surface area contributed by atoms with Gasteiger partial charge in [0.1, 0.15) is 13.2 Å². The SMILES string of the molecule is C=C(C)C(=O)OCCOC(=O)CCSCC(C)(CC(C)NC(C)=O)C(N)=O. The molecule has 0 aliphatic rings. The van der Waals surface area contributed by atoms with Crippen LogP contribution in [0.25, 0.3) is 0 Å². The minimum atomic E-state index is -0.798. The van der Waals surface area contributed by atoms with E-state index in [9.17, 15) is 19.2 Å². The maximum atomic E-state index is 11.8. The smallest absolute Gasteiger partial charge is 0.333 e. The van der Waals surface area contributed by atoms with Crippen LogP contribution < -0.4 is 11.1 Å². The van der Waals surface area contributed by atoms with Gasteiger partial charge in [-0.05, 0) is 27.2 Å². The second-order valence-corrected chi connectivity index (χ2v) is 7.78. The largest absolute Gasteiger partial charge is 0.462 e. The Kier molecular flexibility index (Phi) is 11.4. The van der Waals surface area contributed by atoms with E-state index in [1.807, 2.05) is 6.92 Å². The highest BCUT2D eigenvalue weighted by molar-refractivity contribution is 7.99. The van der Waals surface area contributed by atoms with Crippen molar-refractivity contribution in [2.24, 2.45) is 11.1 Å². The average Bonchev–Trinajstić information content (AvgIpc) is 2.54. The maximum Gasteiger partial charge on any atom is 0.333 e. The Morgan fingerprint density at radius 2 is 1.78 bits per heavy atom. The number of esters is 2. The van der Waals surface area contributed by atoms with Crippen LogP contribution in [0.4, 0.5) is 0 Å². The van der Waals surface area contributed by atoms with Crippen LogP contribution in [0.1, 0.15) is 40.5 Å². The van der Waals surface area contributed by atoms with E-state index in [0.29, 0.717) is 17.9 Å². The number of primary amides is 1. The van der Waals surface area contributed by atoms with Gasteiger partial charge in [-0.25, -0.2) is 4.79 Å². The molecule has 2 amide bonds. The zero-order chi connectivity index (χ0) is 21.0. The molecule has 2 atom stereocenters. The third kappa shape index (κ3) is 11.3. The molecule has 0 fully saturated rings. The van der Waals surface area contributed by atoms with Gasteiger partial charge in [0.15, 0.2) is 0 Å². The van der Waals surface area contributed by atoms with E-state index in [-0.39, 0.29) is 37.2 Å². The van der Waals surface area contributed by atoms with Crippen molar-refractivity contribution in [1.82, 2.24) is 5.32 Å². The molecule has 0 saturated heterocycles. The van der Waals surface area contributed by atoms with E-state index < -0.39 is 23.3 Å². The monoisotopic (exact) mass is 402 g/mol. The lowest BCUT2D eigenvalue weighted by atomic mass is 9.85. The summed E-state index contributed by atoms with van der Waals surface area (Å²) in [5, 5.41) is 2.73. The number of hydrogen-bond donors (Lipinski definition) is 2. The second kappa shape index (κ2) is 12.4. The van der Waals surface area contributed by atoms with Gasteiger partial charge in [-0.1, -0.05) is 6.58 Å². The molecule has 0 bridgehead atoms. The van der Waals surface area contributed by atoms with Crippen LogP contribution in [-0.4, -0.2) is 54.5 Å². The molecule has 2 unspecified atom stereocenters. The van der Waals surface area contributed by atoms with E-state index in [4.69, 9.17) is 15.2 Å². The van der Waals surface area contributed by atoms with Gasteiger partial charge in [-0.3, -0.25) is 14.4 Å². The number of nitrogens with one attached hydrogen (secondary N) is 1. The first kappa shape index (κ1) is 25.0. The van der Waals surface area contributed by atoms with Crippen LogP contribution in [0.2, 0.25) is 0 Å². The van der Waals surface area contributed by atoms with Crippen molar-refractivity contribution in [3.63, 3.8) is 0 Å². The predicted molar refractivity (Wildman–Crippen MR) is 104 cm³/mol. The molecule has 0 radical (unpaired) electrons. The van der Waals surface area contributed by atoms with E-state index in [0.717, 1.165) is 0 Å². The fourth-order valence-corrected chi connectivity index (χ4v) is 3.41. The van der Waals surface area contributed by atoms with Gasteiger partial charge in [-0.15, -0.1) is 0 Å². The Balaban J connectivity index is 4.14. The summed E-state index contributed by atoms with van der Waals surface area (Å²) < 4.78 is 9.77. The lowest BCUT2D eigenvalue weighted by Gasteiger charge is -2.29. The standard InChI is InChI=1S/C18H30N2O6S/c1-12(2)16(23)26-8-7-25-15(22)6-9-27-11-18(5,17(19)24)10-13(3)20-14(4)21/h13H,1,6-11H2,2-5H3,(H2,19,24)(H,20,21). The van der Waals surface area contributed by atoms with Crippen LogP contribution >= 0.6 is 11.8 Å². The van der Waals surface area contributed by atoms with Crippen molar-refractivity contribution in [1.29, 1.82) is 0 Å². The minimum Gasteiger partial charge on any atom is -0.462 e. The normalized spacial score (nSPS) is 13.8. The lowest BCUT2D eigenvalue weighted by Crippen LogP contribution is -2.43. The summed E-state index contributed by atoms with van der Waals surface area (Å²) in [7, 11) is 0. The first-order chi connectivity index (χ1) is 12.5. The fraction of sp³-hybridized carbons (Fsp3) is 0.667. The number of carbonyl (C=O) groups excluding carboxylic acids is 4. The van der Waals surface area contributed by atoms with Gasteiger partial charge >= 0.3 is 11.9 Å². The van der Waals surface area contributed by atoms with Crippen molar-refractivity contribution >= 4 is 35.5 Å². The highest BCUT2D eigenvalue weighted by Crippen LogP contribution is 2.28. The summed E-state index contributed by atoms with van der Waals surface area (Å²) >= 11 is 1.41. The number of amides is 2. The van der Waals surface area contributed by atoms with E-state index in [2.05, 4.69) is 11.9 Å². The summed E-state index contributed by atoms with van der Waals surface area (Å²) in [6.45, 7) is 9.90. The quantitative estimate of drug-likeness (QED) is 0.269. The molecule has 0 aliphatic heterocycles. The molecule has 0 spiro atoms. The molecule has 9 heteroatoms. The van der Waals surface area contributed by atoms with Crippen LogP contribution in [0.5, 0.6) is 0 Å². The van der Waals surface area contributed by atoms with E-state index >= 15 is 0 Å². The van der Waals surface area contributed by atoms with Gasteiger partial charge in [-0.2, -0.15) is 11.8 Å². The predicted octanol–water partition coefficient (Wildman–Crippen LogP) is 1.18. The van der Waals surface area contributed by atoms with Gasteiger partial charge < -0.3 is 20.5 Å². The Morgan fingerprint density at radius 1 is 1.19 bits per heavy atom. The van der Waals surface area contributed by atoms with Crippen molar-refractivity contribution in [2.75, 3.05) is 24.7 Å². The third-order valence-electron chi connectivity index (χ3n) is 3.60. The molecule has 0 aromatic rings. The minimum absolute atomic E-state index is 0.0181. The van der Waals surface area contributed by atoms with Crippen molar-refractivity contribution in [3.8, 4) is 0 Å². The maximum absolute atomic E-state index is 11.8. The van der Waals surface area contributed by atoms with Crippen LogP contribution in [-0.2, 0) is 28.7 Å². The Labute approximate surface area is 164 Å². The van der Waals surface area contributed by atoms with Crippen LogP contribution in [0.3, 0.4) is 0 Å². The van der Waals surface area contributed by atoms with Gasteiger partial charge in [0.05, 0.1) is 11.8 Å². The van der Waals surface area contributed by atoms with Gasteiger partial charge in [0.25, 0.3) is 0 Å². The first-order valence-electron chi connectivity index (χ1n) is 8.61. The summed E-state index contributed by atoms with van der Waals surface area (Å²) in [5.41, 5.74) is 5.00. The fourth-order valence-electron chi connectivity index (χ4n) is 2.24. The second-order valence-electron chi connectivity index (χ2n) is 6.67. The van der Waals surface area contributed by atoms with Crippen molar-refractivity contribution in [2.45, 2.75) is 46.6 Å². The number of carbonyl (C=O) groups is 4. The van der Waals surface area contributed by atoms with E-state index in [1.54, 1.807) is 6.92 Å². The molecule has 3 N–H and O–H groups in total. The number of hydrogen-bond acceptors (Lipinski definition) is 7. The van der Waals surface area contributed by atoms with Gasteiger partial charge in [0, 0.05) is 30.0 Å². The van der Waals surface area contributed by atoms with Crippen molar-refractivity contribution < 1.29 is 28.7 Å². The molecular formula is C18H30N2O6S. The highest BCUT2D eigenvalue weighted by Gasteiger charge is 2.33. The molecule has 0 rings (SSSR count). The molecule has 0 saturated carbocycles. The third-order valence-corrected chi connectivity index (χ3v) is 4.93. The zero-order valence-electron chi connectivity index (χ0n) is 16.5. The Hall–Kier alpha value is -2.03. The highest BCUT2D eigenvalue weighted by atomic mass is 32.2.